The van der Waals surface area contributed by atoms with Crippen LogP contribution in [0.4, 0.5) is 0 Å². The summed E-state index contributed by atoms with van der Waals surface area (Å²) in [5.41, 5.74) is 7.28. The molecule has 3 aromatic carbocycles. The number of hydrogen-bond acceptors (Lipinski definition) is 3. The molecule has 0 radical (unpaired) electrons. The Hall–Kier alpha value is -2.73. The third-order valence-electron chi connectivity index (χ3n) is 5.91. The van der Waals surface area contributed by atoms with Crippen molar-refractivity contribution in [2.45, 2.75) is 38.9 Å². The number of imidazole rings is 1. The van der Waals surface area contributed by atoms with Crippen molar-refractivity contribution < 1.29 is 4.79 Å². The Balaban J connectivity index is 1.49. The van der Waals surface area contributed by atoms with E-state index in [1.54, 1.807) is 30.0 Å². The van der Waals surface area contributed by atoms with Gasteiger partial charge in [0.15, 0.2) is 5.16 Å². The highest BCUT2D eigenvalue weighted by Crippen LogP contribution is 2.36. The second-order valence-corrected chi connectivity index (χ2v) is 10.6. The quantitative estimate of drug-likeness (QED) is 0.173. The molecule has 7 heteroatoms. The number of rotatable bonds is 9. The van der Waals surface area contributed by atoms with Gasteiger partial charge >= 0.3 is 0 Å². The van der Waals surface area contributed by atoms with Crippen LogP contribution in [0.3, 0.4) is 0 Å². The predicted octanol–water partition coefficient (Wildman–Crippen LogP) is 8.07. The molecule has 186 valence electrons. The summed E-state index contributed by atoms with van der Waals surface area (Å²) in [4.78, 5) is 17.5. The largest absolute Gasteiger partial charge is 0.352 e. The van der Waals surface area contributed by atoms with E-state index in [1.165, 1.54) is 11.1 Å². The van der Waals surface area contributed by atoms with Gasteiger partial charge in [0.05, 0.1) is 22.0 Å². The first-order valence-corrected chi connectivity index (χ1v) is 13.7. The third-order valence-corrected chi connectivity index (χ3v) is 7.52. The van der Waals surface area contributed by atoms with Crippen LogP contribution in [0.25, 0.3) is 22.5 Å². The monoisotopic (exact) mass is 537 g/mol. The van der Waals surface area contributed by atoms with E-state index in [4.69, 9.17) is 28.2 Å². The van der Waals surface area contributed by atoms with E-state index in [2.05, 4.69) is 79.2 Å². The Labute approximate surface area is 227 Å². The maximum Gasteiger partial charge on any atom is 0.252 e. The van der Waals surface area contributed by atoms with Crippen molar-refractivity contribution in [2.24, 2.45) is 0 Å². The second kappa shape index (κ2) is 12.0. The fourth-order valence-corrected chi connectivity index (χ4v) is 5.46. The van der Waals surface area contributed by atoms with Gasteiger partial charge in [0.2, 0.25) is 0 Å². The standard InChI is InChI=1S/C29H29Cl2N3OS/c1-4-34-27(22-12-8-20(3)9-13-22)26(21-10-6-19(2)7-11-21)33-29(34)36-17-5-16-32-28(35)24-15-14-23(30)18-25(24)31/h6-15,18H,4-5,16-17H2,1-3H3,(H,32,35). The molecule has 0 bridgehead atoms. The molecule has 1 N–H and O–H groups in total. The van der Waals surface area contributed by atoms with Crippen molar-refractivity contribution in [2.75, 3.05) is 12.3 Å². The zero-order valence-electron chi connectivity index (χ0n) is 20.6. The first kappa shape index (κ1) is 26.3. The Morgan fingerprint density at radius 3 is 2.19 bits per heavy atom. The summed E-state index contributed by atoms with van der Waals surface area (Å²) in [5.74, 6) is 0.631. The number of carbonyl (C=O) groups excluding carboxylic acids is 1. The van der Waals surface area contributed by atoms with Crippen LogP contribution in [0.15, 0.2) is 71.9 Å². The fourth-order valence-electron chi connectivity index (χ4n) is 3.96. The number of aryl methyl sites for hydroxylation is 2. The average Bonchev–Trinajstić information content (AvgIpc) is 3.23. The molecule has 1 amide bonds. The fraction of sp³-hybridized carbons (Fsp3) is 0.241. The van der Waals surface area contributed by atoms with E-state index in [0.29, 0.717) is 22.2 Å². The van der Waals surface area contributed by atoms with E-state index >= 15 is 0 Å². The van der Waals surface area contributed by atoms with Crippen molar-refractivity contribution in [3.8, 4) is 22.5 Å². The van der Waals surface area contributed by atoms with Gasteiger partial charge in [0.1, 0.15) is 0 Å². The molecule has 1 heterocycles. The van der Waals surface area contributed by atoms with Crippen LogP contribution in [0, 0.1) is 13.8 Å². The second-order valence-electron chi connectivity index (χ2n) is 8.65. The van der Waals surface area contributed by atoms with Gasteiger partial charge in [-0.05, 0) is 45.4 Å². The Kier molecular flexibility index (Phi) is 8.78. The predicted molar refractivity (Wildman–Crippen MR) is 152 cm³/mol. The summed E-state index contributed by atoms with van der Waals surface area (Å²) >= 11 is 13.8. The molecular weight excluding hydrogens is 509 g/mol. The van der Waals surface area contributed by atoms with Crippen LogP contribution in [0.1, 0.15) is 34.8 Å². The van der Waals surface area contributed by atoms with E-state index < -0.39 is 0 Å². The maximum absolute atomic E-state index is 12.5. The lowest BCUT2D eigenvalue weighted by Crippen LogP contribution is -2.25. The Morgan fingerprint density at radius 1 is 0.944 bits per heavy atom. The lowest BCUT2D eigenvalue weighted by Gasteiger charge is -2.11. The van der Waals surface area contributed by atoms with Gasteiger partial charge in [0, 0.05) is 35.0 Å². The molecule has 0 fully saturated rings. The summed E-state index contributed by atoms with van der Waals surface area (Å²) in [6.07, 6.45) is 0.803. The highest BCUT2D eigenvalue weighted by molar-refractivity contribution is 7.99. The van der Waals surface area contributed by atoms with E-state index in [0.717, 1.165) is 46.4 Å². The lowest BCUT2D eigenvalue weighted by atomic mass is 10.0. The van der Waals surface area contributed by atoms with Gasteiger partial charge < -0.3 is 9.88 Å². The molecule has 4 aromatic rings. The molecule has 1 aromatic heterocycles. The molecule has 0 atom stereocenters. The van der Waals surface area contributed by atoms with Crippen molar-refractivity contribution in [1.82, 2.24) is 14.9 Å². The minimum absolute atomic E-state index is 0.194. The molecule has 0 spiro atoms. The molecule has 0 aliphatic heterocycles. The molecule has 0 aliphatic rings. The molecule has 4 rings (SSSR count). The summed E-state index contributed by atoms with van der Waals surface area (Å²) in [6.45, 7) is 7.71. The van der Waals surface area contributed by atoms with Gasteiger partial charge in [-0.1, -0.05) is 94.6 Å². The van der Waals surface area contributed by atoms with Gasteiger partial charge in [0.25, 0.3) is 5.91 Å². The molecule has 0 saturated heterocycles. The van der Waals surface area contributed by atoms with E-state index in [9.17, 15) is 4.79 Å². The molecule has 36 heavy (non-hydrogen) atoms. The Morgan fingerprint density at radius 2 is 1.58 bits per heavy atom. The van der Waals surface area contributed by atoms with Gasteiger partial charge in [-0.15, -0.1) is 0 Å². The SMILES string of the molecule is CCn1c(SCCCNC(=O)c2ccc(Cl)cc2Cl)nc(-c2ccc(C)cc2)c1-c1ccc(C)cc1. The highest BCUT2D eigenvalue weighted by atomic mass is 35.5. The van der Waals surface area contributed by atoms with E-state index in [-0.39, 0.29) is 5.91 Å². The smallest absolute Gasteiger partial charge is 0.252 e. The summed E-state index contributed by atoms with van der Waals surface area (Å²) in [6, 6.07) is 22.0. The third kappa shape index (κ3) is 6.15. The number of benzene rings is 3. The number of halogens is 2. The number of carbonyl (C=O) groups is 1. The van der Waals surface area contributed by atoms with Crippen molar-refractivity contribution in [3.05, 3.63) is 93.5 Å². The first-order chi connectivity index (χ1) is 17.4. The number of hydrogen-bond donors (Lipinski definition) is 1. The van der Waals surface area contributed by atoms with Gasteiger partial charge in [-0.2, -0.15) is 0 Å². The normalized spacial score (nSPS) is 11.0. The zero-order chi connectivity index (χ0) is 25.7. The van der Waals surface area contributed by atoms with Crippen LogP contribution in [0.5, 0.6) is 0 Å². The number of aromatic nitrogens is 2. The van der Waals surface area contributed by atoms with Crippen molar-refractivity contribution in [3.63, 3.8) is 0 Å². The van der Waals surface area contributed by atoms with Gasteiger partial charge in [-0.25, -0.2) is 4.98 Å². The maximum atomic E-state index is 12.5. The number of nitrogens with one attached hydrogen (secondary N) is 1. The molecule has 0 saturated carbocycles. The number of nitrogens with zero attached hydrogens (tertiary/aromatic N) is 2. The summed E-state index contributed by atoms with van der Waals surface area (Å²) < 4.78 is 2.29. The molecular formula is C29H29Cl2N3OS. The summed E-state index contributed by atoms with van der Waals surface area (Å²) in [7, 11) is 0. The van der Waals surface area contributed by atoms with Crippen LogP contribution in [-0.4, -0.2) is 27.8 Å². The molecule has 0 unspecified atom stereocenters. The van der Waals surface area contributed by atoms with Crippen LogP contribution < -0.4 is 5.32 Å². The van der Waals surface area contributed by atoms with Crippen LogP contribution >= 0.6 is 35.0 Å². The molecule has 0 aliphatic carbocycles. The first-order valence-electron chi connectivity index (χ1n) is 12.0. The summed E-state index contributed by atoms with van der Waals surface area (Å²) in [5, 5.41) is 4.79. The minimum Gasteiger partial charge on any atom is -0.352 e. The topological polar surface area (TPSA) is 46.9 Å². The lowest BCUT2D eigenvalue weighted by molar-refractivity contribution is 0.0954. The minimum atomic E-state index is -0.194. The van der Waals surface area contributed by atoms with Crippen molar-refractivity contribution in [1.29, 1.82) is 0 Å². The van der Waals surface area contributed by atoms with Crippen LogP contribution in [-0.2, 0) is 6.54 Å². The van der Waals surface area contributed by atoms with Crippen molar-refractivity contribution >= 4 is 40.9 Å². The highest BCUT2D eigenvalue weighted by Gasteiger charge is 2.19. The zero-order valence-corrected chi connectivity index (χ0v) is 23.0. The Bertz CT molecular complexity index is 1350. The number of thioether (sulfide) groups is 1. The average molecular weight is 539 g/mol. The van der Waals surface area contributed by atoms with E-state index in [1.807, 2.05) is 0 Å². The van der Waals surface area contributed by atoms with Crippen LogP contribution in [0.2, 0.25) is 10.0 Å². The van der Waals surface area contributed by atoms with Gasteiger partial charge in [-0.3, -0.25) is 4.79 Å². The number of amides is 1. The molecule has 4 nitrogen and oxygen atoms in total.